The number of aryl methyl sites for hydroxylation is 1. The first-order valence-corrected chi connectivity index (χ1v) is 10.8. The highest BCUT2D eigenvalue weighted by Crippen LogP contribution is 2.17. The number of carbonyl (C=O) groups is 3. The molecule has 0 aromatic heterocycles. The number of rotatable bonds is 5. The maximum absolute atomic E-state index is 12.9. The minimum Gasteiger partial charge on any atom is -0.427 e. The Morgan fingerprint density at radius 2 is 1.67 bits per heavy atom. The Balaban J connectivity index is 1.55. The van der Waals surface area contributed by atoms with Crippen molar-refractivity contribution in [2.45, 2.75) is 26.2 Å². The van der Waals surface area contributed by atoms with E-state index in [1.165, 1.54) is 6.92 Å². The lowest BCUT2D eigenvalue weighted by molar-refractivity contribution is -0.132. The molecule has 3 rings (SSSR count). The molecule has 0 bridgehead atoms. The zero-order valence-electron chi connectivity index (χ0n) is 17.0. The highest BCUT2D eigenvalue weighted by Gasteiger charge is 2.23. The first-order valence-electron chi connectivity index (χ1n) is 10.0. The molecule has 0 N–H and O–H groups in total. The summed E-state index contributed by atoms with van der Waals surface area (Å²) >= 11 is 3.42. The molecule has 30 heavy (non-hydrogen) atoms. The summed E-state index contributed by atoms with van der Waals surface area (Å²) in [6.45, 7) is 3.57. The number of halogens is 1. The van der Waals surface area contributed by atoms with Gasteiger partial charge < -0.3 is 14.5 Å². The molecule has 1 heterocycles. The van der Waals surface area contributed by atoms with Gasteiger partial charge in [-0.25, -0.2) is 0 Å². The van der Waals surface area contributed by atoms with Gasteiger partial charge in [-0.2, -0.15) is 0 Å². The lowest BCUT2D eigenvalue weighted by atomic mass is 10.1. The molecule has 0 aliphatic carbocycles. The van der Waals surface area contributed by atoms with E-state index in [4.69, 9.17) is 4.74 Å². The van der Waals surface area contributed by atoms with Crippen LogP contribution >= 0.6 is 15.9 Å². The van der Waals surface area contributed by atoms with E-state index in [1.807, 2.05) is 29.2 Å². The maximum Gasteiger partial charge on any atom is 0.308 e. The summed E-state index contributed by atoms with van der Waals surface area (Å²) in [4.78, 5) is 40.3. The molecular formula is C23H25BrN2O4. The molecular weight excluding hydrogens is 448 g/mol. The summed E-state index contributed by atoms with van der Waals surface area (Å²) in [5.74, 6) is -0.0724. The summed E-state index contributed by atoms with van der Waals surface area (Å²) in [6.07, 6.45) is 1.90. The summed E-state index contributed by atoms with van der Waals surface area (Å²) in [7, 11) is 0. The lowest BCUT2D eigenvalue weighted by Crippen LogP contribution is -2.37. The Hall–Kier alpha value is -2.67. The molecule has 158 valence electrons. The van der Waals surface area contributed by atoms with E-state index in [0.717, 1.165) is 16.5 Å². The lowest BCUT2D eigenvalue weighted by Gasteiger charge is -2.22. The molecule has 1 aliphatic rings. The molecule has 0 atom stereocenters. The third-order valence-electron chi connectivity index (χ3n) is 5.02. The molecule has 1 saturated heterocycles. The minimum atomic E-state index is -0.424. The van der Waals surface area contributed by atoms with Gasteiger partial charge in [0.1, 0.15) is 5.75 Å². The number of esters is 1. The van der Waals surface area contributed by atoms with Gasteiger partial charge in [0.15, 0.2) is 0 Å². The molecule has 1 aliphatic heterocycles. The predicted molar refractivity (Wildman–Crippen MR) is 117 cm³/mol. The molecule has 0 radical (unpaired) electrons. The first-order chi connectivity index (χ1) is 14.4. The fourth-order valence-electron chi connectivity index (χ4n) is 3.47. The number of hydrogen-bond donors (Lipinski definition) is 0. The highest BCUT2D eigenvalue weighted by atomic mass is 79.9. The van der Waals surface area contributed by atoms with E-state index in [0.29, 0.717) is 50.3 Å². The van der Waals surface area contributed by atoms with Gasteiger partial charge in [-0.1, -0.05) is 34.1 Å². The molecule has 6 nitrogen and oxygen atoms in total. The monoisotopic (exact) mass is 472 g/mol. The van der Waals surface area contributed by atoms with Gasteiger partial charge in [-0.3, -0.25) is 14.4 Å². The Labute approximate surface area is 184 Å². The van der Waals surface area contributed by atoms with E-state index in [1.54, 1.807) is 29.2 Å². The van der Waals surface area contributed by atoms with Crippen molar-refractivity contribution in [2.24, 2.45) is 0 Å². The Kier molecular flexibility index (Phi) is 7.63. The van der Waals surface area contributed by atoms with Crippen LogP contribution in [0.4, 0.5) is 0 Å². The summed E-state index contributed by atoms with van der Waals surface area (Å²) in [6, 6.07) is 14.6. The number of nitrogens with zero attached hydrogens (tertiary/aromatic N) is 2. The minimum absolute atomic E-state index is 0.115. The van der Waals surface area contributed by atoms with Gasteiger partial charge in [0.2, 0.25) is 5.91 Å². The van der Waals surface area contributed by atoms with E-state index in [-0.39, 0.29) is 11.8 Å². The zero-order valence-corrected chi connectivity index (χ0v) is 18.6. The fraction of sp³-hybridized carbons (Fsp3) is 0.348. The summed E-state index contributed by atoms with van der Waals surface area (Å²) in [5, 5.41) is 0. The Bertz CT molecular complexity index is 914. The maximum atomic E-state index is 12.9. The number of ether oxygens (including phenoxy) is 1. The number of amides is 2. The van der Waals surface area contributed by atoms with Gasteiger partial charge in [0.05, 0.1) is 0 Å². The SMILES string of the molecule is CC(=O)Oc1cccc(C(=O)N2CCCN(C(=O)CCc3ccc(Br)cc3)CC2)c1. The Morgan fingerprint density at radius 3 is 2.40 bits per heavy atom. The second kappa shape index (κ2) is 10.4. The molecule has 7 heteroatoms. The highest BCUT2D eigenvalue weighted by molar-refractivity contribution is 9.10. The molecule has 2 aromatic carbocycles. The average Bonchev–Trinajstić information content (AvgIpc) is 2.99. The van der Waals surface area contributed by atoms with Crippen LogP contribution in [-0.2, 0) is 16.0 Å². The van der Waals surface area contributed by atoms with Crippen LogP contribution in [0.2, 0.25) is 0 Å². The van der Waals surface area contributed by atoms with E-state index in [9.17, 15) is 14.4 Å². The van der Waals surface area contributed by atoms with Crippen LogP contribution in [0, 0.1) is 0 Å². The van der Waals surface area contributed by atoms with Crippen LogP contribution in [0.15, 0.2) is 53.0 Å². The van der Waals surface area contributed by atoms with Crippen molar-refractivity contribution in [3.63, 3.8) is 0 Å². The average molecular weight is 473 g/mol. The third-order valence-corrected chi connectivity index (χ3v) is 5.55. The zero-order chi connectivity index (χ0) is 21.5. The molecule has 2 aromatic rings. The van der Waals surface area contributed by atoms with Gasteiger partial charge in [-0.05, 0) is 48.7 Å². The van der Waals surface area contributed by atoms with Crippen LogP contribution in [0.3, 0.4) is 0 Å². The smallest absolute Gasteiger partial charge is 0.308 e. The quantitative estimate of drug-likeness (QED) is 0.491. The van der Waals surface area contributed by atoms with Gasteiger partial charge in [0.25, 0.3) is 5.91 Å². The van der Waals surface area contributed by atoms with Crippen molar-refractivity contribution in [3.8, 4) is 5.75 Å². The van der Waals surface area contributed by atoms with Gasteiger partial charge >= 0.3 is 5.97 Å². The molecule has 0 saturated carbocycles. The standard InChI is InChI=1S/C23H25BrN2O4/c1-17(27)30-21-5-2-4-19(16-21)23(29)26-13-3-12-25(14-15-26)22(28)11-8-18-6-9-20(24)10-7-18/h2,4-7,9-10,16H,3,8,11-15H2,1H3. The fourth-order valence-corrected chi connectivity index (χ4v) is 3.74. The number of carbonyl (C=O) groups excluding carboxylic acids is 3. The first kappa shape index (κ1) is 22.0. The normalized spacial score (nSPS) is 14.2. The summed E-state index contributed by atoms with van der Waals surface area (Å²) in [5.41, 5.74) is 1.61. The van der Waals surface area contributed by atoms with Crippen molar-refractivity contribution in [3.05, 3.63) is 64.1 Å². The topological polar surface area (TPSA) is 66.9 Å². The van der Waals surface area contributed by atoms with Crippen LogP contribution in [0.1, 0.15) is 35.7 Å². The largest absolute Gasteiger partial charge is 0.427 e. The van der Waals surface area contributed by atoms with Crippen molar-refractivity contribution >= 4 is 33.7 Å². The van der Waals surface area contributed by atoms with Crippen LogP contribution in [-0.4, -0.2) is 53.8 Å². The van der Waals surface area contributed by atoms with E-state index < -0.39 is 5.97 Å². The van der Waals surface area contributed by atoms with Crippen molar-refractivity contribution in [1.29, 1.82) is 0 Å². The van der Waals surface area contributed by atoms with Gasteiger partial charge in [0, 0.05) is 49.6 Å². The predicted octanol–water partition coefficient (Wildman–Crippen LogP) is 3.68. The second-order valence-corrected chi connectivity index (χ2v) is 8.19. The van der Waals surface area contributed by atoms with Crippen molar-refractivity contribution < 1.29 is 19.1 Å². The van der Waals surface area contributed by atoms with Crippen LogP contribution in [0.5, 0.6) is 5.75 Å². The van der Waals surface area contributed by atoms with Crippen molar-refractivity contribution in [1.82, 2.24) is 9.80 Å². The number of benzene rings is 2. The molecule has 0 spiro atoms. The summed E-state index contributed by atoms with van der Waals surface area (Å²) < 4.78 is 6.09. The van der Waals surface area contributed by atoms with E-state index in [2.05, 4.69) is 15.9 Å². The van der Waals surface area contributed by atoms with E-state index >= 15 is 0 Å². The van der Waals surface area contributed by atoms with Crippen LogP contribution in [0.25, 0.3) is 0 Å². The number of hydrogen-bond acceptors (Lipinski definition) is 4. The Morgan fingerprint density at radius 1 is 0.967 bits per heavy atom. The van der Waals surface area contributed by atoms with Gasteiger partial charge in [-0.15, -0.1) is 0 Å². The van der Waals surface area contributed by atoms with Crippen LogP contribution < -0.4 is 4.74 Å². The second-order valence-electron chi connectivity index (χ2n) is 7.27. The van der Waals surface area contributed by atoms with Crippen molar-refractivity contribution in [2.75, 3.05) is 26.2 Å². The third kappa shape index (κ3) is 6.16. The molecule has 1 fully saturated rings. The molecule has 2 amide bonds. The molecule has 0 unspecified atom stereocenters.